The molecule has 0 spiro atoms. The average molecular weight is 206 g/mol. The van der Waals surface area contributed by atoms with E-state index in [0.29, 0.717) is 5.92 Å². The lowest BCUT2D eigenvalue weighted by molar-refractivity contribution is 0.102. The summed E-state index contributed by atoms with van der Waals surface area (Å²) in [4.78, 5) is 0. The van der Waals surface area contributed by atoms with E-state index in [2.05, 4.69) is 44.2 Å². The first-order valence-electron chi connectivity index (χ1n) is 5.94. The Hall–Kier alpha value is -0.820. The van der Waals surface area contributed by atoms with Crippen LogP contribution in [0.5, 0.6) is 0 Å². The molecule has 1 unspecified atom stereocenters. The molecule has 0 saturated carbocycles. The lowest BCUT2D eigenvalue weighted by Crippen LogP contribution is -2.09. The van der Waals surface area contributed by atoms with Crippen LogP contribution >= 0.6 is 0 Å². The highest BCUT2D eigenvalue weighted by molar-refractivity contribution is 5.14. The van der Waals surface area contributed by atoms with Gasteiger partial charge in [0.25, 0.3) is 0 Å². The molecule has 0 fully saturated rings. The lowest BCUT2D eigenvalue weighted by atomic mass is 10.0. The van der Waals surface area contributed by atoms with Crippen molar-refractivity contribution in [3.8, 4) is 0 Å². The van der Waals surface area contributed by atoms with Gasteiger partial charge in [-0.25, -0.2) is 0 Å². The monoisotopic (exact) mass is 206 g/mol. The molecule has 1 rings (SSSR count). The van der Waals surface area contributed by atoms with Gasteiger partial charge in [-0.2, -0.15) is 0 Å². The zero-order valence-corrected chi connectivity index (χ0v) is 9.91. The third kappa shape index (κ3) is 5.58. The number of unbranched alkanes of at least 4 members (excludes halogenated alkanes) is 1. The summed E-state index contributed by atoms with van der Waals surface area (Å²) >= 11 is 0. The Balaban J connectivity index is 2.16. The van der Waals surface area contributed by atoms with Crippen LogP contribution in [0.15, 0.2) is 30.3 Å². The van der Waals surface area contributed by atoms with Gasteiger partial charge >= 0.3 is 0 Å². The summed E-state index contributed by atoms with van der Waals surface area (Å²) in [5.74, 6) is 0.615. The van der Waals surface area contributed by atoms with Crippen molar-refractivity contribution in [3.05, 3.63) is 35.9 Å². The number of hydrogen-bond acceptors (Lipinski definition) is 1. The minimum Gasteiger partial charge on any atom is -0.381 e. The Bertz CT molecular complexity index is 243. The van der Waals surface area contributed by atoms with Crippen LogP contribution in [0.3, 0.4) is 0 Å². The molecule has 1 aromatic rings. The molecule has 1 aromatic carbocycles. The molecule has 0 amide bonds. The van der Waals surface area contributed by atoms with E-state index in [1.165, 1.54) is 18.4 Å². The van der Waals surface area contributed by atoms with Crippen molar-refractivity contribution in [2.45, 2.75) is 33.1 Å². The van der Waals surface area contributed by atoms with Crippen LogP contribution in [0.2, 0.25) is 0 Å². The Kier molecular flexibility index (Phi) is 6.10. The quantitative estimate of drug-likeness (QED) is 0.618. The van der Waals surface area contributed by atoms with Gasteiger partial charge < -0.3 is 4.74 Å². The minimum atomic E-state index is 0.615. The van der Waals surface area contributed by atoms with Gasteiger partial charge in [-0.15, -0.1) is 0 Å². The fourth-order valence-corrected chi connectivity index (χ4v) is 1.61. The van der Waals surface area contributed by atoms with Crippen molar-refractivity contribution in [2.24, 2.45) is 5.92 Å². The molecule has 1 nitrogen and oxygen atoms in total. The maximum atomic E-state index is 5.61. The average Bonchev–Trinajstić information content (AvgIpc) is 2.26. The van der Waals surface area contributed by atoms with Crippen molar-refractivity contribution < 1.29 is 4.74 Å². The standard InChI is InChI=1S/C14H22O/c1-3-4-10-15-12-13(2)11-14-8-6-5-7-9-14/h5-9,13H,3-4,10-12H2,1-2H3. The highest BCUT2D eigenvalue weighted by Crippen LogP contribution is 2.08. The van der Waals surface area contributed by atoms with E-state index < -0.39 is 0 Å². The molecule has 0 aliphatic heterocycles. The fraction of sp³-hybridized carbons (Fsp3) is 0.571. The molecule has 84 valence electrons. The Morgan fingerprint density at radius 1 is 1.20 bits per heavy atom. The Labute approximate surface area is 93.5 Å². The predicted molar refractivity (Wildman–Crippen MR) is 65.0 cm³/mol. The second kappa shape index (κ2) is 7.47. The number of rotatable bonds is 7. The highest BCUT2D eigenvalue weighted by atomic mass is 16.5. The van der Waals surface area contributed by atoms with E-state index >= 15 is 0 Å². The van der Waals surface area contributed by atoms with E-state index in [9.17, 15) is 0 Å². The third-order valence-corrected chi connectivity index (χ3v) is 2.47. The number of ether oxygens (including phenoxy) is 1. The molecule has 0 aromatic heterocycles. The van der Waals surface area contributed by atoms with Gasteiger partial charge in [0.15, 0.2) is 0 Å². The SMILES string of the molecule is CCCCOCC(C)Cc1ccccc1. The van der Waals surface area contributed by atoms with Crippen LogP contribution in [0, 0.1) is 5.92 Å². The largest absolute Gasteiger partial charge is 0.381 e. The summed E-state index contributed by atoms with van der Waals surface area (Å²) in [7, 11) is 0. The van der Waals surface area contributed by atoms with Gasteiger partial charge in [0.2, 0.25) is 0 Å². The molecule has 0 saturated heterocycles. The Morgan fingerprint density at radius 3 is 2.60 bits per heavy atom. The maximum Gasteiger partial charge on any atom is 0.0494 e. The second-order valence-electron chi connectivity index (χ2n) is 4.22. The van der Waals surface area contributed by atoms with Crippen molar-refractivity contribution in [2.75, 3.05) is 13.2 Å². The van der Waals surface area contributed by atoms with Crippen molar-refractivity contribution in [3.63, 3.8) is 0 Å². The number of benzene rings is 1. The molecular formula is C14H22O. The van der Waals surface area contributed by atoms with Crippen molar-refractivity contribution in [1.82, 2.24) is 0 Å². The summed E-state index contributed by atoms with van der Waals surface area (Å²) < 4.78 is 5.61. The zero-order chi connectivity index (χ0) is 10.9. The molecule has 0 heterocycles. The third-order valence-electron chi connectivity index (χ3n) is 2.47. The molecule has 0 N–H and O–H groups in total. The first kappa shape index (κ1) is 12.3. The smallest absolute Gasteiger partial charge is 0.0494 e. The van der Waals surface area contributed by atoms with Crippen LogP contribution in [0.25, 0.3) is 0 Å². The van der Waals surface area contributed by atoms with E-state index in [1.54, 1.807) is 0 Å². The summed E-state index contributed by atoms with van der Waals surface area (Å²) in [6, 6.07) is 10.6. The van der Waals surface area contributed by atoms with Gasteiger partial charge in [-0.3, -0.25) is 0 Å². The van der Waals surface area contributed by atoms with Gasteiger partial charge in [0.05, 0.1) is 0 Å². The van der Waals surface area contributed by atoms with Gasteiger partial charge in [-0.1, -0.05) is 50.6 Å². The van der Waals surface area contributed by atoms with E-state index in [0.717, 1.165) is 19.6 Å². The van der Waals surface area contributed by atoms with Crippen molar-refractivity contribution >= 4 is 0 Å². The number of hydrogen-bond donors (Lipinski definition) is 0. The maximum absolute atomic E-state index is 5.61. The van der Waals surface area contributed by atoms with E-state index in [4.69, 9.17) is 4.74 Å². The first-order valence-corrected chi connectivity index (χ1v) is 5.94. The van der Waals surface area contributed by atoms with Crippen molar-refractivity contribution in [1.29, 1.82) is 0 Å². The Morgan fingerprint density at radius 2 is 1.93 bits per heavy atom. The predicted octanol–water partition coefficient (Wildman–Crippen LogP) is 3.68. The highest BCUT2D eigenvalue weighted by Gasteiger charge is 2.03. The summed E-state index contributed by atoms with van der Waals surface area (Å²) in [5.41, 5.74) is 1.41. The molecule has 0 aliphatic carbocycles. The van der Waals surface area contributed by atoms with E-state index in [1.807, 2.05) is 0 Å². The zero-order valence-electron chi connectivity index (χ0n) is 9.91. The molecule has 0 bridgehead atoms. The summed E-state index contributed by atoms with van der Waals surface area (Å²) in [6.07, 6.45) is 3.51. The molecule has 15 heavy (non-hydrogen) atoms. The molecule has 0 radical (unpaired) electrons. The normalized spacial score (nSPS) is 12.7. The lowest BCUT2D eigenvalue weighted by Gasteiger charge is -2.11. The van der Waals surface area contributed by atoms with Crippen LogP contribution in [-0.2, 0) is 11.2 Å². The molecule has 1 atom stereocenters. The second-order valence-corrected chi connectivity index (χ2v) is 4.22. The van der Waals surface area contributed by atoms with Crippen LogP contribution in [-0.4, -0.2) is 13.2 Å². The van der Waals surface area contributed by atoms with Gasteiger partial charge in [-0.05, 0) is 24.3 Å². The molecule has 0 aliphatic rings. The van der Waals surface area contributed by atoms with Gasteiger partial charge in [0, 0.05) is 13.2 Å². The van der Waals surface area contributed by atoms with Crippen LogP contribution in [0.1, 0.15) is 32.3 Å². The topological polar surface area (TPSA) is 9.23 Å². The fourth-order valence-electron chi connectivity index (χ4n) is 1.61. The van der Waals surface area contributed by atoms with Gasteiger partial charge in [0.1, 0.15) is 0 Å². The minimum absolute atomic E-state index is 0.615. The van der Waals surface area contributed by atoms with Crippen LogP contribution < -0.4 is 0 Å². The van der Waals surface area contributed by atoms with Crippen LogP contribution in [0.4, 0.5) is 0 Å². The molecular weight excluding hydrogens is 184 g/mol. The summed E-state index contributed by atoms with van der Waals surface area (Å²) in [6.45, 7) is 6.24. The first-order chi connectivity index (χ1) is 7.33. The summed E-state index contributed by atoms with van der Waals surface area (Å²) in [5, 5.41) is 0. The molecule has 1 heteroatoms. The van der Waals surface area contributed by atoms with E-state index in [-0.39, 0.29) is 0 Å².